The van der Waals surface area contributed by atoms with Crippen molar-refractivity contribution in [2.24, 2.45) is 0 Å². The van der Waals surface area contributed by atoms with E-state index in [1.54, 1.807) is 0 Å². The summed E-state index contributed by atoms with van der Waals surface area (Å²) in [5.41, 5.74) is 17.6. The molecule has 0 N–H and O–H groups in total. The number of rotatable bonds is 5. The third-order valence-corrected chi connectivity index (χ3v) is 10.3. The first-order valence-corrected chi connectivity index (χ1v) is 17.1. The van der Waals surface area contributed by atoms with Crippen molar-refractivity contribution >= 4 is 22.7 Å². The quantitative estimate of drug-likeness (QED) is 0.186. The summed E-state index contributed by atoms with van der Waals surface area (Å²) >= 11 is 0. The van der Waals surface area contributed by atoms with Crippen molar-refractivity contribution in [1.82, 2.24) is 9.55 Å². The molecule has 1 aromatic heterocycles. The Hall–Kier alpha value is -6.25. The first kappa shape index (κ1) is 27.8. The van der Waals surface area contributed by atoms with Crippen LogP contribution in [0, 0.1) is 0 Å². The molecule has 0 bridgehead atoms. The molecule has 8 aromatic rings. The van der Waals surface area contributed by atoms with Crippen LogP contribution in [0.25, 0.3) is 84.3 Å². The van der Waals surface area contributed by atoms with E-state index < -0.39 is 0 Å². The lowest BCUT2D eigenvalue weighted by atomic mass is 9.86. The van der Waals surface area contributed by atoms with Crippen LogP contribution in [0.1, 0.15) is 18.4 Å². The van der Waals surface area contributed by atoms with Gasteiger partial charge < -0.3 is 0 Å². The number of benzene rings is 7. The average Bonchev–Trinajstić information content (AvgIpc) is 3.74. The van der Waals surface area contributed by atoms with E-state index in [2.05, 4.69) is 174 Å². The Morgan fingerprint density at radius 3 is 1.71 bits per heavy atom. The highest BCUT2D eigenvalue weighted by molar-refractivity contribution is 6.04. The molecule has 0 aliphatic heterocycles. The standard InChI is InChI=1S/C47H32N2/c1-4-13-31(14-5-1)37-28-29-38(32-15-6-2-7-16-32)46-41-30-27-36(39-19-12-20-40(44(39)41)45(37)46)33-23-25-34(26-24-33)47-48-42-21-10-11-22-43(42)49(47)35-17-8-3-9-18-35/h1-11,13-19,21-30H,12,20H2. The van der Waals surface area contributed by atoms with Gasteiger partial charge in [-0.2, -0.15) is 0 Å². The number of nitrogens with zero attached hydrogens (tertiary/aromatic N) is 2. The van der Waals surface area contributed by atoms with E-state index in [0.717, 1.165) is 41.0 Å². The number of aromatic nitrogens is 2. The smallest absolute Gasteiger partial charge is 0.145 e. The third kappa shape index (κ3) is 4.38. The molecule has 0 saturated carbocycles. The van der Waals surface area contributed by atoms with Gasteiger partial charge in [0.1, 0.15) is 5.82 Å². The molecule has 0 saturated heterocycles. The van der Waals surface area contributed by atoms with Gasteiger partial charge in [-0.3, -0.25) is 4.57 Å². The summed E-state index contributed by atoms with van der Waals surface area (Å²) < 4.78 is 2.27. The molecule has 0 fully saturated rings. The van der Waals surface area contributed by atoms with E-state index in [4.69, 9.17) is 4.98 Å². The van der Waals surface area contributed by atoms with Gasteiger partial charge in [-0.1, -0.05) is 146 Å². The molecule has 0 unspecified atom stereocenters. The Bertz CT molecular complexity index is 2670. The Labute approximate surface area is 285 Å². The molecule has 0 spiro atoms. The molecule has 49 heavy (non-hydrogen) atoms. The van der Waals surface area contributed by atoms with E-state index in [1.165, 1.54) is 66.1 Å². The highest BCUT2D eigenvalue weighted by Crippen LogP contribution is 2.46. The van der Waals surface area contributed by atoms with Crippen LogP contribution < -0.4 is 10.4 Å². The second-order valence-electron chi connectivity index (χ2n) is 13.0. The highest BCUT2D eigenvalue weighted by atomic mass is 15.1. The number of imidazole rings is 1. The Kier molecular flexibility index (Phi) is 6.35. The first-order valence-electron chi connectivity index (χ1n) is 17.1. The van der Waals surface area contributed by atoms with Crippen LogP contribution in [-0.4, -0.2) is 9.55 Å². The number of fused-ring (bicyclic) bond motifs is 4. The van der Waals surface area contributed by atoms with Crippen molar-refractivity contribution in [3.05, 3.63) is 180 Å². The monoisotopic (exact) mass is 624 g/mol. The van der Waals surface area contributed by atoms with Gasteiger partial charge in [0.15, 0.2) is 0 Å². The van der Waals surface area contributed by atoms with Crippen molar-refractivity contribution in [1.29, 1.82) is 0 Å². The Morgan fingerprint density at radius 2 is 1.00 bits per heavy atom. The lowest BCUT2D eigenvalue weighted by Crippen LogP contribution is -2.31. The summed E-state index contributed by atoms with van der Waals surface area (Å²) in [6, 6.07) is 59.1. The normalized spacial score (nSPS) is 12.9. The number of para-hydroxylation sites is 3. The van der Waals surface area contributed by atoms with Crippen LogP contribution in [0.2, 0.25) is 0 Å². The van der Waals surface area contributed by atoms with E-state index in [-0.39, 0.29) is 0 Å². The molecule has 0 amide bonds. The predicted molar refractivity (Wildman–Crippen MR) is 204 cm³/mol. The molecule has 230 valence electrons. The highest BCUT2D eigenvalue weighted by Gasteiger charge is 2.29. The minimum absolute atomic E-state index is 0.953. The molecular formula is C47H32N2. The van der Waals surface area contributed by atoms with Gasteiger partial charge in [-0.15, -0.1) is 0 Å². The molecular weight excluding hydrogens is 593 g/mol. The summed E-state index contributed by atoms with van der Waals surface area (Å²) in [5.74, 6) is 0.953. The first-order chi connectivity index (χ1) is 24.3. The summed E-state index contributed by atoms with van der Waals surface area (Å²) in [6.07, 6.45) is 4.54. The zero-order valence-electron chi connectivity index (χ0n) is 27.0. The average molecular weight is 625 g/mol. The molecule has 0 atom stereocenters. The molecule has 2 aliphatic carbocycles. The topological polar surface area (TPSA) is 17.8 Å². The van der Waals surface area contributed by atoms with Crippen LogP contribution in [0.4, 0.5) is 0 Å². The molecule has 1 heterocycles. The molecule has 0 radical (unpaired) electrons. The van der Waals surface area contributed by atoms with E-state index in [1.807, 2.05) is 0 Å². The maximum Gasteiger partial charge on any atom is 0.145 e. The van der Waals surface area contributed by atoms with Gasteiger partial charge in [0.25, 0.3) is 0 Å². The number of hydrogen-bond donors (Lipinski definition) is 0. The largest absolute Gasteiger partial charge is 0.292 e. The second kappa shape index (κ2) is 11.2. The third-order valence-electron chi connectivity index (χ3n) is 10.3. The van der Waals surface area contributed by atoms with Crippen molar-refractivity contribution in [2.45, 2.75) is 12.8 Å². The predicted octanol–water partition coefficient (Wildman–Crippen LogP) is 10.4. The lowest BCUT2D eigenvalue weighted by Gasteiger charge is -2.17. The summed E-state index contributed by atoms with van der Waals surface area (Å²) in [4.78, 5) is 5.10. The molecule has 2 aliphatic rings. The second-order valence-corrected chi connectivity index (χ2v) is 13.0. The minimum Gasteiger partial charge on any atom is -0.292 e. The maximum absolute atomic E-state index is 5.10. The summed E-state index contributed by atoms with van der Waals surface area (Å²) in [6.45, 7) is 0. The van der Waals surface area contributed by atoms with Crippen LogP contribution >= 0.6 is 0 Å². The van der Waals surface area contributed by atoms with Crippen LogP contribution in [-0.2, 0) is 0 Å². The van der Waals surface area contributed by atoms with E-state index in [0.29, 0.717) is 0 Å². The van der Waals surface area contributed by atoms with E-state index in [9.17, 15) is 0 Å². The Morgan fingerprint density at radius 1 is 0.449 bits per heavy atom. The van der Waals surface area contributed by atoms with Gasteiger partial charge in [-0.05, 0) is 103 Å². The van der Waals surface area contributed by atoms with Crippen molar-refractivity contribution in [3.63, 3.8) is 0 Å². The zero-order valence-corrected chi connectivity index (χ0v) is 27.0. The summed E-state index contributed by atoms with van der Waals surface area (Å²) in [7, 11) is 0. The van der Waals surface area contributed by atoms with Crippen LogP contribution in [0.5, 0.6) is 0 Å². The van der Waals surface area contributed by atoms with Crippen molar-refractivity contribution in [3.8, 4) is 61.6 Å². The molecule has 10 rings (SSSR count). The van der Waals surface area contributed by atoms with Gasteiger partial charge >= 0.3 is 0 Å². The van der Waals surface area contributed by atoms with Crippen LogP contribution in [0.15, 0.2) is 164 Å². The molecule has 2 heteroatoms. The van der Waals surface area contributed by atoms with Gasteiger partial charge in [0.2, 0.25) is 0 Å². The van der Waals surface area contributed by atoms with E-state index >= 15 is 0 Å². The summed E-state index contributed by atoms with van der Waals surface area (Å²) in [5, 5.41) is 2.77. The van der Waals surface area contributed by atoms with Gasteiger partial charge in [0, 0.05) is 11.3 Å². The SMILES string of the molecule is C1=c2c(-c3ccc(-c4nc5ccccc5n4-c4ccccc4)cc3)ccc3c2=C(CC1)c1c(-c2ccccc2)ccc(-c2ccccc2)c1-3. The maximum atomic E-state index is 5.10. The fraction of sp³-hybridized carbons (Fsp3) is 0.0426. The fourth-order valence-electron chi connectivity index (χ4n) is 8.12. The molecule has 7 aromatic carbocycles. The minimum atomic E-state index is 0.953. The van der Waals surface area contributed by atoms with Gasteiger partial charge in [-0.25, -0.2) is 4.98 Å². The van der Waals surface area contributed by atoms with Gasteiger partial charge in [0.05, 0.1) is 11.0 Å². The number of hydrogen-bond acceptors (Lipinski definition) is 1. The fourth-order valence-corrected chi connectivity index (χ4v) is 8.12. The lowest BCUT2D eigenvalue weighted by molar-refractivity contribution is 1.09. The van der Waals surface area contributed by atoms with Crippen molar-refractivity contribution in [2.75, 3.05) is 0 Å². The zero-order chi connectivity index (χ0) is 32.3. The molecule has 2 nitrogen and oxygen atoms in total. The van der Waals surface area contributed by atoms with Crippen LogP contribution in [0.3, 0.4) is 0 Å². The Balaban J connectivity index is 1.14. The van der Waals surface area contributed by atoms with Crippen molar-refractivity contribution < 1.29 is 0 Å².